The number of aryl methyl sites for hydroxylation is 1. The molecule has 0 radical (unpaired) electrons. The number of hydrazine groups is 1. The van der Waals surface area contributed by atoms with Crippen LogP contribution in [-0.2, 0) is 11.3 Å². The number of amides is 1. The standard InChI is InChI=1S/C11H12ClN3O/c12-9-2-1-8-3-5-15(10(8)7-9)6-4-11(16)14-13/h1-3,5,7H,4,6,13H2,(H,14,16). The molecule has 0 bridgehead atoms. The van der Waals surface area contributed by atoms with Crippen LogP contribution in [0.1, 0.15) is 6.42 Å². The Hall–Kier alpha value is -1.52. The van der Waals surface area contributed by atoms with E-state index in [2.05, 4.69) is 5.43 Å². The van der Waals surface area contributed by atoms with Gasteiger partial charge < -0.3 is 4.57 Å². The Balaban J connectivity index is 2.24. The van der Waals surface area contributed by atoms with Gasteiger partial charge in [0, 0.05) is 29.7 Å². The van der Waals surface area contributed by atoms with Crippen LogP contribution in [-0.4, -0.2) is 10.5 Å². The molecule has 5 heteroatoms. The molecule has 3 N–H and O–H groups in total. The molecule has 0 aliphatic carbocycles. The predicted molar refractivity (Wildman–Crippen MR) is 63.9 cm³/mol. The Labute approximate surface area is 98.0 Å². The fraction of sp³-hybridized carbons (Fsp3) is 0.182. The summed E-state index contributed by atoms with van der Waals surface area (Å²) >= 11 is 5.92. The van der Waals surface area contributed by atoms with E-state index in [1.165, 1.54) is 0 Å². The van der Waals surface area contributed by atoms with Crippen LogP contribution < -0.4 is 11.3 Å². The fourth-order valence-corrected chi connectivity index (χ4v) is 1.81. The summed E-state index contributed by atoms with van der Waals surface area (Å²) in [4.78, 5) is 11.0. The zero-order chi connectivity index (χ0) is 11.5. The molecule has 0 fully saturated rings. The number of aromatic nitrogens is 1. The molecule has 0 aliphatic rings. The van der Waals surface area contributed by atoms with Crippen molar-refractivity contribution in [2.24, 2.45) is 5.84 Å². The maximum Gasteiger partial charge on any atom is 0.235 e. The zero-order valence-corrected chi connectivity index (χ0v) is 9.37. The number of fused-ring (bicyclic) bond motifs is 1. The van der Waals surface area contributed by atoms with E-state index in [9.17, 15) is 4.79 Å². The normalized spacial score (nSPS) is 10.6. The Bertz CT molecular complexity index is 521. The number of halogens is 1. The van der Waals surface area contributed by atoms with Crippen molar-refractivity contribution >= 4 is 28.4 Å². The molecule has 2 rings (SSSR count). The van der Waals surface area contributed by atoms with Gasteiger partial charge in [-0.1, -0.05) is 17.7 Å². The quantitative estimate of drug-likeness (QED) is 0.485. The second-order valence-electron chi connectivity index (χ2n) is 3.53. The second kappa shape index (κ2) is 4.55. The van der Waals surface area contributed by atoms with Gasteiger partial charge in [0.2, 0.25) is 5.91 Å². The number of carbonyl (C=O) groups is 1. The molecule has 16 heavy (non-hydrogen) atoms. The van der Waals surface area contributed by atoms with Gasteiger partial charge in [-0.2, -0.15) is 0 Å². The first-order valence-electron chi connectivity index (χ1n) is 4.94. The number of nitrogens with two attached hydrogens (primary N) is 1. The number of hydrogen-bond donors (Lipinski definition) is 2. The van der Waals surface area contributed by atoms with Crippen molar-refractivity contribution in [3.05, 3.63) is 35.5 Å². The van der Waals surface area contributed by atoms with E-state index < -0.39 is 0 Å². The molecule has 0 atom stereocenters. The highest BCUT2D eigenvalue weighted by Gasteiger charge is 2.03. The average molecular weight is 238 g/mol. The van der Waals surface area contributed by atoms with Crippen molar-refractivity contribution in [3.63, 3.8) is 0 Å². The van der Waals surface area contributed by atoms with Crippen LogP contribution >= 0.6 is 11.6 Å². The Kier molecular flexibility index (Phi) is 3.12. The maximum atomic E-state index is 11.0. The second-order valence-corrected chi connectivity index (χ2v) is 3.97. The predicted octanol–water partition coefficient (Wildman–Crippen LogP) is 1.67. The van der Waals surface area contributed by atoms with Crippen LogP contribution in [0.15, 0.2) is 30.5 Å². The molecule has 4 nitrogen and oxygen atoms in total. The summed E-state index contributed by atoms with van der Waals surface area (Å²) < 4.78 is 1.98. The Morgan fingerprint density at radius 3 is 3.00 bits per heavy atom. The van der Waals surface area contributed by atoms with Gasteiger partial charge in [0.05, 0.1) is 0 Å². The zero-order valence-electron chi connectivity index (χ0n) is 8.61. The largest absolute Gasteiger partial charge is 0.347 e. The Morgan fingerprint density at radius 1 is 1.44 bits per heavy atom. The van der Waals surface area contributed by atoms with Crippen molar-refractivity contribution in [1.82, 2.24) is 9.99 Å². The topological polar surface area (TPSA) is 60.0 Å². The van der Waals surface area contributed by atoms with Gasteiger partial charge in [0.25, 0.3) is 0 Å². The minimum absolute atomic E-state index is 0.177. The summed E-state index contributed by atoms with van der Waals surface area (Å²) in [5, 5.41) is 1.80. The SMILES string of the molecule is NNC(=O)CCn1ccc2ccc(Cl)cc21. The van der Waals surface area contributed by atoms with Crippen LogP contribution in [0.4, 0.5) is 0 Å². The van der Waals surface area contributed by atoms with E-state index in [4.69, 9.17) is 17.4 Å². The summed E-state index contributed by atoms with van der Waals surface area (Å²) in [7, 11) is 0. The van der Waals surface area contributed by atoms with Gasteiger partial charge in [-0.25, -0.2) is 5.84 Å². The number of benzene rings is 1. The molecule has 1 heterocycles. The molecule has 0 saturated heterocycles. The monoisotopic (exact) mass is 237 g/mol. The van der Waals surface area contributed by atoms with Gasteiger partial charge in [-0.15, -0.1) is 0 Å². The molecule has 2 aromatic rings. The van der Waals surface area contributed by atoms with Crippen LogP contribution in [0.25, 0.3) is 10.9 Å². The molecule has 0 saturated carbocycles. The van der Waals surface area contributed by atoms with Crippen molar-refractivity contribution in [2.45, 2.75) is 13.0 Å². The third-order valence-corrected chi connectivity index (χ3v) is 2.71. The van der Waals surface area contributed by atoms with Gasteiger partial charge in [-0.05, 0) is 23.6 Å². The highest BCUT2D eigenvalue weighted by atomic mass is 35.5. The first kappa shape index (κ1) is 11.0. The average Bonchev–Trinajstić information content (AvgIpc) is 2.68. The smallest absolute Gasteiger partial charge is 0.235 e. The van der Waals surface area contributed by atoms with Crippen molar-refractivity contribution in [2.75, 3.05) is 0 Å². The van der Waals surface area contributed by atoms with Gasteiger partial charge in [-0.3, -0.25) is 10.2 Å². The van der Waals surface area contributed by atoms with Crippen molar-refractivity contribution in [1.29, 1.82) is 0 Å². The van der Waals surface area contributed by atoms with Gasteiger partial charge in [0.1, 0.15) is 0 Å². The van der Waals surface area contributed by atoms with E-state index in [0.29, 0.717) is 18.0 Å². The summed E-state index contributed by atoms with van der Waals surface area (Å²) in [5.41, 5.74) is 3.13. The lowest BCUT2D eigenvalue weighted by Gasteiger charge is -2.04. The molecular weight excluding hydrogens is 226 g/mol. The minimum atomic E-state index is -0.177. The lowest BCUT2D eigenvalue weighted by Crippen LogP contribution is -2.30. The molecule has 84 valence electrons. The van der Waals surface area contributed by atoms with Crippen LogP contribution in [0.2, 0.25) is 5.02 Å². The highest BCUT2D eigenvalue weighted by molar-refractivity contribution is 6.31. The van der Waals surface area contributed by atoms with E-state index in [-0.39, 0.29) is 5.91 Å². The number of rotatable bonds is 3. The Morgan fingerprint density at radius 2 is 2.25 bits per heavy atom. The summed E-state index contributed by atoms with van der Waals surface area (Å²) in [6.07, 6.45) is 2.29. The third kappa shape index (κ3) is 2.18. The molecule has 0 unspecified atom stereocenters. The molecule has 1 aromatic carbocycles. The number of carbonyl (C=O) groups excluding carboxylic acids is 1. The van der Waals surface area contributed by atoms with Gasteiger partial charge in [0.15, 0.2) is 0 Å². The number of nitrogens with zero attached hydrogens (tertiary/aromatic N) is 1. The molecule has 1 amide bonds. The highest BCUT2D eigenvalue weighted by Crippen LogP contribution is 2.20. The number of hydrogen-bond acceptors (Lipinski definition) is 2. The molecule has 0 spiro atoms. The summed E-state index contributed by atoms with van der Waals surface area (Å²) in [5.74, 6) is 4.84. The summed E-state index contributed by atoms with van der Waals surface area (Å²) in [6.45, 7) is 0.590. The number of nitrogens with one attached hydrogen (secondary N) is 1. The van der Waals surface area contributed by atoms with E-state index in [0.717, 1.165) is 10.9 Å². The molecule has 0 aliphatic heterocycles. The van der Waals surface area contributed by atoms with E-state index in [1.54, 1.807) is 0 Å². The van der Waals surface area contributed by atoms with Crippen LogP contribution in [0.5, 0.6) is 0 Å². The summed E-state index contributed by atoms with van der Waals surface area (Å²) in [6, 6.07) is 7.68. The molecular formula is C11H12ClN3O. The maximum absolute atomic E-state index is 11.0. The van der Waals surface area contributed by atoms with Gasteiger partial charge >= 0.3 is 0 Å². The first-order valence-corrected chi connectivity index (χ1v) is 5.32. The van der Waals surface area contributed by atoms with E-state index >= 15 is 0 Å². The van der Waals surface area contributed by atoms with Crippen LogP contribution in [0.3, 0.4) is 0 Å². The van der Waals surface area contributed by atoms with Crippen molar-refractivity contribution < 1.29 is 4.79 Å². The first-order chi connectivity index (χ1) is 7.70. The lowest BCUT2D eigenvalue weighted by molar-refractivity contribution is -0.121. The van der Waals surface area contributed by atoms with E-state index in [1.807, 2.05) is 35.0 Å². The molecule has 1 aromatic heterocycles. The minimum Gasteiger partial charge on any atom is -0.347 e. The lowest BCUT2D eigenvalue weighted by atomic mass is 10.2. The van der Waals surface area contributed by atoms with Crippen molar-refractivity contribution in [3.8, 4) is 0 Å². The van der Waals surface area contributed by atoms with Crippen LogP contribution in [0, 0.1) is 0 Å². The fourth-order valence-electron chi connectivity index (χ4n) is 1.65. The third-order valence-electron chi connectivity index (χ3n) is 2.48.